The van der Waals surface area contributed by atoms with E-state index in [-0.39, 0.29) is 24.0 Å². The molecule has 4 heteroatoms. The van der Waals surface area contributed by atoms with E-state index in [1.165, 1.54) is 11.1 Å². The Morgan fingerprint density at radius 3 is 2.15 bits per heavy atom. The van der Waals surface area contributed by atoms with Gasteiger partial charge < -0.3 is 10.1 Å². The third-order valence-electron chi connectivity index (χ3n) is 4.64. The maximum atomic E-state index is 12.3. The van der Waals surface area contributed by atoms with E-state index in [0.717, 1.165) is 10.0 Å². The van der Waals surface area contributed by atoms with Gasteiger partial charge in [0, 0.05) is 0 Å². The first-order chi connectivity index (χ1) is 12.6. The molecule has 0 saturated heterocycles. The Bertz CT molecular complexity index is 776. The topological polar surface area (TPSA) is 38.3 Å². The third kappa shape index (κ3) is 6.10. The average molecular weight is 432 g/mol. The third-order valence-corrected chi connectivity index (χ3v) is 5.26. The van der Waals surface area contributed by atoms with Crippen LogP contribution in [0.15, 0.2) is 46.9 Å². The van der Waals surface area contributed by atoms with E-state index in [2.05, 4.69) is 80.1 Å². The van der Waals surface area contributed by atoms with Crippen LogP contribution >= 0.6 is 15.9 Å². The van der Waals surface area contributed by atoms with E-state index in [9.17, 15) is 4.79 Å². The number of amides is 1. The highest BCUT2D eigenvalue weighted by Crippen LogP contribution is 2.29. The Kier molecular flexibility index (Phi) is 7.10. The van der Waals surface area contributed by atoms with Crippen molar-refractivity contribution < 1.29 is 9.53 Å². The molecule has 2 rings (SSSR count). The van der Waals surface area contributed by atoms with Crippen LogP contribution in [0.4, 0.5) is 0 Å². The first-order valence-electron chi connectivity index (χ1n) is 9.40. The van der Waals surface area contributed by atoms with Gasteiger partial charge in [0.2, 0.25) is 0 Å². The normalized spacial score (nSPS) is 12.7. The molecule has 2 aromatic carbocycles. The van der Waals surface area contributed by atoms with E-state index in [0.29, 0.717) is 11.7 Å². The van der Waals surface area contributed by atoms with Crippen LogP contribution in [0.3, 0.4) is 0 Å². The lowest BCUT2D eigenvalue weighted by Crippen LogP contribution is -2.31. The number of hydrogen-bond acceptors (Lipinski definition) is 2. The summed E-state index contributed by atoms with van der Waals surface area (Å²) in [7, 11) is 0. The number of rotatable bonds is 6. The van der Waals surface area contributed by atoms with Crippen LogP contribution in [0.2, 0.25) is 0 Å². The van der Waals surface area contributed by atoms with Gasteiger partial charge in [-0.25, -0.2) is 0 Å². The number of ether oxygens (including phenoxy) is 1. The lowest BCUT2D eigenvalue weighted by atomic mass is 9.86. The highest BCUT2D eigenvalue weighted by Gasteiger charge is 2.15. The van der Waals surface area contributed by atoms with Crippen LogP contribution in [-0.4, -0.2) is 12.5 Å². The van der Waals surface area contributed by atoms with Crippen molar-refractivity contribution in [2.24, 2.45) is 0 Å². The van der Waals surface area contributed by atoms with Crippen LogP contribution < -0.4 is 10.1 Å². The molecule has 0 bridgehead atoms. The van der Waals surface area contributed by atoms with Gasteiger partial charge >= 0.3 is 0 Å². The Hall–Kier alpha value is -1.81. The van der Waals surface area contributed by atoms with Gasteiger partial charge in [-0.1, -0.05) is 65.0 Å². The lowest BCUT2D eigenvalue weighted by Gasteiger charge is -2.21. The SMILES string of the molecule is CC(C)c1ccc(OCC(=O)N[C@@H](C)c2ccc(C(C)(C)C)cc2)c(Br)c1. The molecular formula is C23H30BrNO2. The molecule has 0 aliphatic carbocycles. The van der Waals surface area contributed by atoms with Crippen LogP contribution in [0.25, 0.3) is 0 Å². The van der Waals surface area contributed by atoms with Crippen molar-refractivity contribution in [3.8, 4) is 5.75 Å². The van der Waals surface area contributed by atoms with Crippen molar-refractivity contribution in [1.82, 2.24) is 5.32 Å². The minimum atomic E-state index is -0.137. The largest absolute Gasteiger partial charge is 0.483 e. The molecule has 1 atom stereocenters. The average Bonchev–Trinajstić information content (AvgIpc) is 2.59. The second kappa shape index (κ2) is 8.92. The zero-order chi connectivity index (χ0) is 20.2. The Balaban J connectivity index is 1.92. The molecule has 0 radical (unpaired) electrons. The monoisotopic (exact) mass is 431 g/mol. The van der Waals surface area contributed by atoms with Crippen LogP contribution in [0.1, 0.15) is 70.2 Å². The molecule has 0 aliphatic rings. The summed E-state index contributed by atoms with van der Waals surface area (Å²) in [5.41, 5.74) is 3.71. The molecule has 27 heavy (non-hydrogen) atoms. The van der Waals surface area contributed by atoms with E-state index in [1.807, 2.05) is 25.1 Å². The fourth-order valence-corrected chi connectivity index (χ4v) is 3.29. The molecule has 1 amide bonds. The molecule has 0 unspecified atom stereocenters. The standard InChI is InChI=1S/C23H30BrNO2/c1-15(2)18-9-12-21(20(24)13-18)27-14-22(26)25-16(3)17-7-10-19(11-8-17)23(4,5)6/h7-13,15-16H,14H2,1-6H3,(H,25,26)/t16-/m0/s1. The second-order valence-corrected chi connectivity index (χ2v) is 9.15. The summed E-state index contributed by atoms with van der Waals surface area (Å²) in [5.74, 6) is 0.989. The fraction of sp³-hybridized carbons (Fsp3) is 0.435. The summed E-state index contributed by atoms with van der Waals surface area (Å²) in [5, 5.41) is 2.99. The summed E-state index contributed by atoms with van der Waals surface area (Å²) >= 11 is 3.52. The predicted molar refractivity (Wildman–Crippen MR) is 115 cm³/mol. The van der Waals surface area contributed by atoms with Crippen LogP contribution in [0, 0.1) is 0 Å². The number of carbonyl (C=O) groups excluding carboxylic acids is 1. The van der Waals surface area contributed by atoms with Gasteiger partial charge in [-0.2, -0.15) is 0 Å². The van der Waals surface area contributed by atoms with Crippen molar-refractivity contribution in [1.29, 1.82) is 0 Å². The molecule has 1 N–H and O–H groups in total. The molecular weight excluding hydrogens is 402 g/mol. The number of benzene rings is 2. The summed E-state index contributed by atoms with van der Waals surface area (Å²) < 4.78 is 6.54. The zero-order valence-electron chi connectivity index (χ0n) is 17.1. The molecule has 146 valence electrons. The summed E-state index contributed by atoms with van der Waals surface area (Å²) in [6.45, 7) is 12.8. The fourth-order valence-electron chi connectivity index (χ4n) is 2.77. The van der Waals surface area contributed by atoms with Gasteiger partial charge in [-0.3, -0.25) is 4.79 Å². The molecule has 0 fully saturated rings. The summed E-state index contributed by atoms with van der Waals surface area (Å²) in [4.78, 5) is 12.3. The van der Waals surface area contributed by atoms with Crippen molar-refractivity contribution >= 4 is 21.8 Å². The number of nitrogens with one attached hydrogen (secondary N) is 1. The lowest BCUT2D eigenvalue weighted by molar-refractivity contribution is -0.123. The molecule has 3 nitrogen and oxygen atoms in total. The number of halogens is 1. The summed E-state index contributed by atoms with van der Waals surface area (Å²) in [6, 6.07) is 14.3. The van der Waals surface area contributed by atoms with Gasteiger partial charge in [0.25, 0.3) is 5.91 Å². The molecule has 0 aliphatic heterocycles. The smallest absolute Gasteiger partial charge is 0.258 e. The molecule has 0 saturated carbocycles. The number of hydrogen-bond donors (Lipinski definition) is 1. The van der Waals surface area contributed by atoms with Crippen molar-refractivity contribution in [3.05, 3.63) is 63.6 Å². The zero-order valence-corrected chi connectivity index (χ0v) is 18.7. The van der Waals surface area contributed by atoms with Crippen molar-refractivity contribution in [3.63, 3.8) is 0 Å². The number of carbonyl (C=O) groups is 1. The van der Waals surface area contributed by atoms with Gasteiger partial charge in [0.15, 0.2) is 6.61 Å². The van der Waals surface area contributed by atoms with Crippen LogP contribution in [-0.2, 0) is 10.2 Å². The van der Waals surface area contributed by atoms with Gasteiger partial charge in [0.1, 0.15) is 5.75 Å². The highest BCUT2D eigenvalue weighted by atomic mass is 79.9. The molecule has 2 aromatic rings. The van der Waals surface area contributed by atoms with Crippen molar-refractivity contribution in [2.45, 2.75) is 58.9 Å². The predicted octanol–water partition coefficient (Wildman–Crippen LogP) is 6.13. The first kappa shape index (κ1) is 21.5. The van der Waals surface area contributed by atoms with E-state index < -0.39 is 0 Å². The Morgan fingerprint density at radius 2 is 1.63 bits per heavy atom. The quantitative estimate of drug-likeness (QED) is 0.597. The Labute approximate surface area is 171 Å². The van der Waals surface area contributed by atoms with E-state index in [1.54, 1.807) is 0 Å². The summed E-state index contributed by atoms with van der Waals surface area (Å²) in [6.07, 6.45) is 0. The maximum Gasteiger partial charge on any atom is 0.258 e. The van der Waals surface area contributed by atoms with Gasteiger partial charge in [-0.05, 0) is 63.0 Å². The molecule has 0 spiro atoms. The maximum absolute atomic E-state index is 12.3. The minimum Gasteiger partial charge on any atom is -0.483 e. The van der Waals surface area contributed by atoms with Gasteiger partial charge in [-0.15, -0.1) is 0 Å². The van der Waals surface area contributed by atoms with Gasteiger partial charge in [0.05, 0.1) is 10.5 Å². The molecule has 0 heterocycles. The second-order valence-electron chi connectivity index (χ2n) is 8.29. The molecule has 0 aromatic heterocycles. The van der Waals surface area contributed by atoms with Crippen molar-refractivity contribution in [2.75, 3.05) is 6.61 Å². The van der Waals surface area contributed by atoms with E-state index >= 15 is 0 Å². The van der Waals surface area contributed by atoms with E-state index in [4.69, 9.17) is 4.74 Å². The highest BCUT2D eigenvalue weighted by molar-refractivity contribution is 9.10. The van der Waals surface area contributed by atoms with Crippen LogP contribution in [0.5, 0.6) is 5.75 Å². The Morgan fingerprint density at radius 1 is 1.04 bits per heavy atom. The first-order valence-corrected chi connectivity index (χ1v) is 10.2. The minimum absolute atomic E-state index is 0.00988.